The molecule has 1 atom stereocenters. The number of amides is 1. The van der Waals surface area contributed by atoms with Gasteiger partial charge in [-0.15, -0.1) is 0 Å². The molecule has 9 heteroatoms. The Bertz CT molecular complexity index is 833. The minimum Gasteiger partial charge on any atom is -0.452 e. The molecule has 0 unspecified atom stereocenters. The highest BCUT2D eigenvalue weighted by atomic mass is 35.5. The topological polar surface area (TPSA) is 92.8 Å². The summed E-state index contributed by atoms with van der Waals surface area (Å²) in [5.74, 6) is -0.940. The molecule has 1 aromatic carbocycles. The number of hydrogen-bond acceptors (Lipinski definition) is 5. The maximum atomic E-state index is 13.0. The van der Waals surface area contributed by atoms with Crippen molar-refractivity contribution < 1.29 is 22.7 Å². The van der Waals surface area contributed by atoms with Crippen molar-refractivity contribution in [3.63, 3.8) is 0 Å². The lowest BCUT2D eigenvalue weighted by atomic mass is 10.1. The molecule has 1 N–H and O–H groups in total. The maximum Gasteiger partial charge on any atom is 0.338 e. The summed E-state index contributed by atoms with van der Waals surface area (Å²) in [6.07, 6.45) is 3.57. The van der Waals surface area contributed by atoms with Crippen LogP contribution in [-0.2, 0) is 19.6 Å². The van der Waals surface area contributed by atoms with Crippen LogP contribution in [0.25, 0.3) is 0 Å². The summed E-state index contributed by atoms with van der Waals surface area (Å²) in [6.45, 7) is 6.23. The first kappa shape index (κ1) is 23.6. The number of ether oxygens (including phenoxy) is 1. The fourth-order valence-corrected chi connectivity index (χ4v) is 4.94. The molecule has 0 aromatic heterocycles. The molecular formula is C20H29ClN2O5S. The van der Waals surface area contributed by atoms with Crippen LogP contribution in [0.1, 0.15) is 56.8 Å². The Hall–Kier alpha value is -1.64. The third-order valence-electron chi connectivity index (χ3n) is 5.07. The molecule has 162 valence electrons. The molecule has 29 heavy (non-hydrogen) atoms. The zero-order valence-electron chi connectivity index (χ0n) is 17.1. The van der Waals surface area contributed by atoms with Crippen molar-refractivity contribution in [2.75, 3.05) is 19.7 Å². The number of carbonyl (C=O) groups is 2. The lowest BCUT2D eigenvalue weighted by molar-refractivity contribution is -0.125. The van der Waals surface area contributed by atoms with E-state index >= 15 is 0 Å². The predicted octanol–water partition coefficient (Wildman–Crippen LogP) is 3.22. The van der Waals surface area contributed by atoms with Crippen molar-refractivity contribution in [1.29, 1.82) is 0 Å². The molecule has 0 radical (unpaired) electrons. The van der Waals surface area contributed by atoms with E-state index < -0.39 is 28.5 Å². The van der Waals surface area contributed by atoms with Crippen molar-refractivity contribution in [3.05, 3.63) is 28.8 Å². The number of hydrogen-bond donors (Lipinski definition) is 1. The molecular weight excluding hydrogens is 416 g/mol. The number of carbonyl (C=O) groups excluding carboxylic acids is 2. The van der Waals surface area contributed by atoms with E-state index in [0.717, 1.165) is 25.7 Å². The largest absolute Gasteiger partial charge is 0.452 e. The number of esters is 1. The molecule has 0 saturated carbocycles. The molecule has 1 heterocycles. The molecule has 7 nitrogen and oxygen atoms in total. The van der Waals surface area contributed by atoms with Crippen LogP contribution in [0.5, 0.6) is 0 Å². The second-order valence-corrected chi connectivity index (χ2v) is 9.95. The first-order chi connectivity index (χ1) is 13.6. The summed E-state index contributed by atoms with van der Waals surface area (Å²) >= 11 is 6.14. The molecule has 1 fully saturated rings. The van der Waals surface area contributed by atoms with Crippen molar-refractivity contribution in [2.24, 2.45) is 5.92 Å². The number of nitrogens with zero attached hydrogens (tertiary/aromatic N) is 1. The van der Waals surface area contributed by atoms with Crippen molar-refractivity contribution in [3.8, 4) is 0 Å². The Balaban J connectivity index is 2.11. The van der Waals surface area contributed by atoms with Crippen LogP contribution in [0.2, 0.25) is 5.02 Å². The first-order valence-corrected chi connectivity index (χ1v) is 11.7. The van der Waals surface area contributed by atoms with E-state index in [0.29, 0.717) is 13.1 Å². The lowest BCUT2D eigenvalue weighted by Crippen LogP contribution is -2.38. The van der Waals surface area contributed by atoms with E-state index in [2.05, 4.69) is 5.32 Å². The van der Waals surface area contributed by atoms with Crippen LogP contribution in [0.15, 0.2) is 23.1 Å². The number of nitrogens with one attached hydrogen (secondary N) is 1. The molecule has 1 aromatic rings. The van der Waals surface area contributed by atoms with E-state index in [1.807, 2.05) is 20.8 Å². The summed E-state index contributed by atoms with van der Waals surface area (Å²) in [7, 11) is -3.81. The van der Waals surface area contributed by atoms with Gasteiger partial charge in [-0.05, 0) is 43.9 Å². The molecule has 2 rings (SSSR count). The second-order valence-electron chi connectivity index (χ2n) is 7.64. The standard InChI is InChI=1S/C20H29ClN2O5S/c1-14(2)15(3)22-19(24)13-28-20(25)16-8-9-17(21)18(12-16)29(26,27)23-10-6-4-5-7-11-23/h8-9,12,14-15H,4-7,10-11,13H2,1-3H3,(H,22,24)/t15-/m0/s1. The van der Waals surface area contributed by atoms with Crippen LogP contribution in [-0.4, -0.2) is 50.3 Å². The van der Waals surface area contributed by atoms with E-state index in [9.17, 15) is 18.0 Å². The Morgan fingerprint density at radius 1 is 1.14 bits per heavy atom. The van der Waals surface area contributed by atoms with Gasteiger partial charge in [-0.1, -0.05) is 38.3 Å². The number of halogens is 1. The van der Waals surface area contributed by atoms with Gasteiger partial charge < -0.3 is 10.1 Å². The molecule has 1 amide bonds. The van der Waals surface area contributed by atoms with E-state index in [1.165, 1.54) is 22.5 Å². The Morgan fingerprint density at radius 3 is 2.34 bits per heavy atom. The highest BCUT2D eigenvalue weighted by molar-refractivity contribution is 7.89. The van der Waals surface area contributed by atoms with Gasteiger partial charge in [0.1, 0.15) is 4.90 Å². The molecule has 0 bridgehead atoms. The third kappa shape index (κ3) is 6.42. The molecule has 1 saturated heterocycles. The molecule has 0 aliphatic carbocycles. The normalized spacial score (nSPS) is 16.9. The maximum absolute atomic E-state index is 13.0. The van der Waals surface area contributed by atoms with E-state index in [-0.39, 0.29) is 27.4 Å². The van der Waals surface area contributed by atoms with Gasteiger partial charge in [0.05, 0.1) is 10.6 Å². The average Bonchev–Trinajstić information content (AvgIpc) is 2.96. The molecule has 0 spiro atoms. The Kier molecular flexibility index (Phi) is 8.48. The number of rotatable bonds is 7. The van der Waals surface area contributed by atoms with Gasteiger partial charge in [0.2, 0.25) is 10.0 Å². The van der Waals surface area contributed by atoms with Crippen LogP contribution in [0.3, 0.4) is 0 Å². The van der Waals surface area contributed by atoms with Crippen LogP contribution >= 0.6 is 11.6 Å². The van der Waals surface area contributed by atoms with E-state index in [4.69, 9.17) is 16.3 Å². The smallest absolute Gasteiger partial charge is 0.338 e. The van der Waals surface area contributed by atoms with Crippen molar-refractivity contribution in [2.45, 2.75) is 57.4 Å². The average molecular weight is 445 g/mol. The SMILES string of the molecule is CC(C)[C@H](C)NC(=O)COC(=O)c1ccc(Cl)c(S(=O)(=O)N2CCCCCC2)c1. The van der Waals surface area contributed by atoms with Crippen LogP contribution < -0.4 is 5.32 Å². The fourth-order valence-electron chi connectivity index (χ4n) is 2.93. The molecule has 1 aliphatic rings. The number of benzene rings is 1. The second kappa shape index (κ2) is 10.4. The van der Waals surface area contributed by atoms with Gasteiger partial charge in [-0.3, -0.25) is 4.79 Å². The minimum atomic E-state index is -3.81. The summed E-state index contributed by atoms with van der Waals surface area (Å²) in [4.78, 5) is 24.1. The summed E-state index contributed by atoms with van der Waals surface area (Å²) in [5, 5.41) is 2.79. The Morgan fingerprint density at radius 2 is 1.76 bits per heavy atom. The van der Waals surface area contributed by atoms with Crippen molar-refractivity contribution in [1.82, 2.24) is 9.62 Å². The van der Waals surface area contributed by atoms with Crippen LogP contribution in [0.4, 0.5) is 0 Å². The highest BCUT2D eigenvalue weighted by Gasteiger charge is 2.28. The van der Waals surface area contributed by atoms with Gasteiger partial charge in [-0.2, -0.15) is 4.31 Å². The highest BCUT2D eigenvalue weighted by Crippen LogP contribution is 2.28. The minimum absolute atomic E-state index is 0.0347. The van der Waals surface area contributed by atoms with Gasteiger partial charge in [-0.25, -0.2) is 13.2 Å². The van der Waals surface area contributed by atoms with Gasteiger partial charge in [0, 0.05) is 19.1 Å². The molecule has 1 aliphatic heterocycles. The first-order valence-electron chi connectivity index (χ1n) is 9.89. The summed E-state index contributed by atoms with van der Waals surface area (Å²) < 4.78 is 32.5. The van der Waals surface area contributed by atoms with Gasteiger partial charge in [0.25, 0.3) is 5.91 Å². The Labute approximate surface area is 177 Å². The van der Waals surface area contributed by atoms with Gasteiger partial charge >= 0.3 is 5.97 Å². The number of sulfonamides is 1. The van der Waals surface area contributed by atoms with E-state index in [1.54, 1.807) is 0 Å². The summed E-state index contributed by atoms with van der Waals surface area (Å²) in [5.41, 5.74) is 0.0347. The van der Waals surface area contributed by atoms with Gasteiger partial charge in [0.15, 0.2) is 6.61 Å². The zero-order valence-corrected chi connectivity index (χ0v) is 18.7. The van der Waals surface area contributed by atoms with Crippen molar-refractivity contribution >= 4 is 33.5 Å². The summed E-state index contributed by atoms with van der Waals surface area (Å²) in [6, 6.07) is 3.92. The fraction of sp³-hybridized carbons (Fsp3) is 0.600. The predicted molar refractivity (Wildman–Crippen MR) is 111 cm³/mol. The monoisotopic (exact) mass is 444 g/mol. The quantitative estimate of drug-likeness (QED) is 0.652. The third-order valence-corrected chi connectivity index (χ3v) is 7.45. The zero-order chi connectivity index (χ0) is 21.6. The lowest BCUT2D eigenvalue weighted by Gasteiger charge is -2.21. The van der Waals surface area contributed by atoms with Crippen LogP contribution in [0, 0.1) is 5.92 Å².